The molecule has 3 aromatic carbocycles. The Bertz CT molecular complexity index is 1360. The van der Waals surface area contributed by atoms with E-state index in [-0.39, 0.29) is 34.2 Å². The number of sulfonamides is 1. The molecule has 1 fully saturated rings. The van der Waals surface area contributed by atoms with Gasteiger partial charge in [0.2, 0.25) is 5.91 Å². The van der Waals surface area contributed by atoms with Crippen molar-refractivity contribution in [1.29, 1.82) is 0 Å². The molecule has 0 atom stereocenters. The summed E-state index contributed by atoms with van der Waals surface area (Å²) in [4.78, 5) is 37.8. The average molecular weight is 535 g/mol. The SMILES string of the molecule is O=C(CNC(=O)c1ccc(S(=O)(=O)N(C(=O)c2ccccc2)c2ccccc2)cc1)NCC1CCNCC1. The fourth-order valence-corrected chi connectivity index (χ4v) is 5.59. The normalized spacial score (nSPS) is 13.9. The van der Waals surface area contributed by atoms with Crippen molar-refractivity contribution in [2.45, 2.75) is 17.7 Å². The molecule has 1 saturated heterocycles. The molecule has 1 aliphatic heterocycles. The number of nitrogens with one attached hydrogen (secondary N) is 3. The molecule has 4 rings (SSSR count). The second kappa shape index (κ2) is 12.5. The lowest BCUT2D eigenvalue weighted by Gasteiger charge is -2.23. The topological polar surface area (TPSA) is 125 Å². The lowest BCUT2D eigenvalue weighted by atomic mass is 9.98. The molecule has 198 valence electrons. The standard InChI is InChI=1S/C28H30N4O5S/c33-26(30-19-21-15-17-29-18-16-21)20-31-27(34)22-11-13-25(14-12-22)38(36,37)32(24-9-5-2-6-10-24)28(35)23-7-3-1-4-8-23/h1-14,21,29H,15-20H2,(H,30,33)(H,31,34). The maximum Gasteiger partial charge on any atom is 0.272 e. The molecule has 1 aliphatic rings. The minimum absolute atomic E-state index is 0.151. The highest BCUT2D eigenvalue weighted by Crippen LogP contribution is 2.26. The lowest BCUT2D eigenvalue weighted by Crippen LogP contribution is -2.41. The largest absolute Gasteiger partial charge is 0.354 e. The summed E-state index contributed by atoms with van der Waals surface area (Å²) < 4.78 is 27.9. The molecule has 0 bridgehead atoms. The number of piperidine rings is 1. The van der Waals surface area contributed by atoms with E-state index >= 15 is 0 Å². The van der Waals surface area contributed by atoms with E-state index < -0.39 is 21.8 Å². The number of anilines is 1. The Morgan fingerprint density at radius 3 is 2.03 bits per heavy atom. The van der Waals surface area contributed by atoms with Gasteiger partial charge in [-0.25, -0.2) is 8.42 Å². The van der Waals surface area contributed by atoms with E-state index in [1.165, 1.54) is 36.4 Å². The maximum atomic E-state index is 13.6. The molecule has 9 nitrogen and oxygen atoms in total. The van der Waals surface area contributed by atoms with Crippen LogP contribution in [-0.2, 0) is 14.8 Å². The van der Waals surface area contributed by atoms with E-state index in [0.29, 0.717) is 12.5 Å². The van der Waals surface area contributed by atoms with E-state index in [1.54, 1.807) is 48.5 Å². The monoisotopic (exact) mass is 534 g/mol. The van der Waals surface area contributed by atoms with Crippen LogP contribution in [0.5, 0.6) is 0 Å². The third-order valence-corrected chi connectivity index (χ3v) is 8.03. The highest BCUT2D eigenvalue weighted by atomic mass is 32.2. The molecule has 0 aromatic heterocycles. The second-order valence-corrected chi connectivity index (χ2v) is 10.8. The summed E-state index contributed by atoms with van der Waals surface area (Å²) in [5.74, 6) is -1.07. The Kier molecular flexibility index (Phi) is 8.88. The van der Waals surface area contributed by atoms with Gasteiger partial charge in [-0.05, 0) is 80.4 Å². The van der Waals surface area contributed by atoms with Gasteiger partial charge >= 0.3 is 0 Å². The zero-order valence-electron chi connectivity index (χ0n) is 20.8. The van der Waals surface area contributed by atoms with Crippen molar-refractivity contribution in [2.75, 3.05) is 30.5 Å². The zero-order valence-corrected chi connectivity index (χ0v) is 21.6. The van der Waals surface area contributed by atoms with Gasteiger partial charge in [-0.2, -0.15) is 4.31 Å². The Hall–Kier alpha value is -4.02. The molecule has 0 spiro atoms. The summed E-state index contributed by atoms with van der Waals surface area (Å²) in [5, 5.41) is 8.67. The zero-order chi connectivity index (χ0) is 27.0. The van der Waals surface area contributed by atoms with Crippen molar-refractivity contribution in [1.82, 2.24) is 16.0 Å². The van der Waals surface area contributed by atoms with Crippen molar-refractivity contribution in [3.63, 3.8) is 0 Å². The highest BCUT2D eigenvalue weighted by Gasteiger charge is 2.32. The van der Waals surface area contributed by atoms with Crippen molar-refractivity contribution in [3.8, 4) is 0 Å². The van der Waals surface area contributed by atoms with Crippen molar-refractivity contribution in [2.24, 2.45) is 5.92 Å². The Balaban J connectivity index is 1.44. The first-order valence-electron chi connectivity index (χ1n) is 12.4. The Labute approximate surface area is 222 Å². The third-order valence-electron chi connectivity index (χ3n) is 6.31. The summed E-state index contributed by atoms with van der Waals surface area (Å²) in [5.41, 5.74) is 0.601. The number of rotatable bonds is 9. The molecule has 38 heavy (non-hydrogen) atoms. The minimum Gasteiger partial charge on any atom is -0.354 e. The Morgan fingerprint density at radius 2 is 1.39 bits per heavy atom. The van der Waals surface area contributed by atoms with Gasteiger partial charge in [0.1, 0.15) is 0 Å². The lowest BCUT2D eigenvalue weighted by molar-refractivity contribution is -0.120. The van der Waals surface area contributed by atoms with Crippen LogP contribution in [0.4, 0.5) is 5.69 Å². The predicted molar refractivity (Wildman–Crippen MR) is 144 cm³/mol. The second-order valence-electron chi connectivity index (χ2n) is 8.98. The Morgan fingerprint density at radius 1 is 0.789 bits per heavy atom. The van der Waals surface area contributed by atoms with Crippen LogP contribution in [0.3, 0.4) is 0 Å². The number of para-hydroxylation sites is 1. The first kappa shape index (κ1) is 27.0. The maximum absolute atomic E-state index is 13.6. The van der Waals surface area contributed by atoms with E-state index in [1.807, 2.05) is 0 Å². The summed E-state index contributed by atoms with van der Waals surface area (Å²) in [7, 11) is -4.30. The van der Waals surface area contributed by atoms with Crippen LogP contribution in [0.2, 0.25) is 0 Å². The number of hydrogen-bond acceptors (Lipinski definition) is 6. The number of amides is 3. The molecule has 3 amide bonds. The highest BCUT2D eigenvalue weighted by molar-refractivity contribution is 7.93. The van der Waals surface area contributed by atoms with Crippen LogP contribution < -0.4 is 20.3 Å². The van der Waals surface area contributed by atoms with Crippen molar-refractivity contribution < 1.29 is 22.8 Å². The quantitative estimate of drug-likeness (QED) is 0.388. The number of carbonyl (C=O) groups is 3. The third kappa shape index (κ3) is 6.64. The first-order valence-corrected chi connectivity index (χ1v) is 13.9. The number of hydrogen-bond donors (Lipinski definition) is 3. The van der Waals surface area contributed by atoms with E-state index in [2.05, 4.69) is 16.0 Å². The number of benzene rings is 3. The molecule has 0 saturated carbocycles. The van der Waals surface area contributed by atoms with Gasteiger partial charge in [-0.1, -0.05) is 36.4 Å². The molecule has 0 radical (unpaired) electrons. The number of carbonyl (C=O) groups excluding carboxylic acids is 3. The van der Waals surface area contributed by atoms with Crippen molar-refractivity contribution >= 4 is 33.4 Å². The van der Waals surface area contributed by atoms with E-state index in [0.717, 1.165) is 30.2 Å². The molecule has 1 heterocycles. The summed E-state index contributed by atoms with van der Waals surface area (Å²) in [6.07, 6.45) is 2.00. The van der Waals surface area contributed by atoms with Gasteiger partial charge in [0, 0.05) is 17.7 Å². The molecule has 0 aliphatic carbocycles. The fraction of sp³-hybridized carbons (Fsp3) is 0.250. The molecular formula is C28H30N4O5S. The molecule has 0 unspecified atom stereocenters. The van der Waals surface area contributed by atoms with Crippen molar-refractivity contribution in [3.05, 3.63) is 96.1 Å². The van der Waals surface area contributed by atoms with Gasteiger partial charge in [0.25, 0.3) is 21.8 Å². The summed E-state index contributed by atoms with van der Waals surface area (Å²) in [6.45, 7) is 2.26. The van der Waals surface area contributed by atoms with Gasteiger partial charge in [0.15, 0.2) is 0 Å². The smallest absolute Gasteiger partial charge is 0.272 e. The number of nitrogens with zero attached hydrogens (tertiary/aromatic N) is 1. The molecule has 3 aromatic rings. The van der Waals surface area contributed by atoms with Gasteiger partial charge in [0.05, 0.1) is 17.1 Å². The average Bonchev–Trinajstić information content (AvgIpc) is 2.96. The summed E-state index contributed by atoms with van der Waals surface area (Å²) in [6, 6.07) is 21.5. The van der Waals surface area contributed by atoms with Crippen LogP contribution in [0.25, 0.3) is 0 Å². The van der Waals surface area contributed by atoms with Crippen LogP contribution in [0.1, 0.15) is 33.6 Å². The van der Waals surface area contributed by atoms with E-state index in [4.69, 9.17) is 0 Å². The molecule has 10 heteroatoms. The van der Waals surface area contributed by atoms with Crippen LogP contribution in [-0.4, -0.2) is 52.3 Å². The van der Waals surface area contributed by atoms with Gasteiger partial charge in [-0.3, -0.25) is 14.4 Å². The van der Waals surface area contributed by atoms with Crippen LogP contribution in [0.15, 0.2) is 89.8 Å². The minimum atomic E-state index is -4.30. The van der Waals surface area contributed by atoms with Crippen LogP contribution in [0, 0.1) is 5.92 Å². The molecule has 3 N–H and O–H groups in total. The van der Waals surface area contributed by atoms with Gasteiger partial charge < -0.3 is 16.0 Å². The van der Waals surface area contributed by atoms with Gasteiger partial charge in [-0.15, -0.1) is 0 Å². The first-order chi connectivity index (χ1) is 18.4. The fourth-order valence-electron chi connectivity index (χ4n) is 4.18. The predicted octanol–water partition coefficient (Wildman–Crippen LogP) is 2.57. The van der Waals surface area contributed by atoms with E-state index in [9.17, 15) is 22.8 Å². The summed E-state index contributed by atoms with van der Waals surface area (Å²) >= 11 is 0. The molecular weight excluding hydrogens is 504 g/mol. The van der Waals surface area contributed by atoms with Crippen LogP contribution >= 0.6 is 0 Å².